The topological polar surface area (TPSA) is 46.6 Å². The fourth-order valence-corrected chi connectivity index (χ4v) is 1.23. The molecule has 0 N–H and O–H groups in total. The Morgan fingerprint density at radius 3 is 2.38 bits per heavy atom. The summed E-state index contributed by atoms with van der Waals surface area (Å²) in [6.45, 7) is 1.34. The van der Waals surface area contributed by atoms with E-state index >= 15 is 0 Å². The second kappa shape index (κ2) is 3.55. The van der Waals surface area contributed by atoms with Crippen LogP contribution in [0, 0.1) is 0 Å². The van der Waals surface area contributed by atoms with Crippen molar-refractivity contribution in [2.75, 3.05) is 7.05 Å². The van der Waals surface area contributed by atoms with Crippen LogP contribution in [0.25, 0.3) is 0 Å². The van der Waals surface area contributed by atoms with Gasteiger partial charge in [-0.15, -0.1) is 0 Å². The number of hydrogen-bond acceptors (Lipinski definition) is 3. The van der Waals surface area contributed by atoms with Crippen LogP contribution in [-0.4, -0.2) is 30.1 Å². The molecular formula is C7H7Cl2NO3. The van der Waals surface area contributed by atoms with Crippen molar-refractivity contribution >= 4 is 35.1 Å². The Morgan fingerprint density at radius 1 is 1.54 bits per heavy atom. The minimum Gasteiger partial charge on any atom is -0.432 e. The number of cyclic esters (lactones) is 1. The maximum atomic E-state index is 10.9. The third kappa shape index (κ3) is 1.78. The minimum atomic E-state index is -0.876. The number of halogens is 2. The first-order valence-electron chi connectivity index (χ1n) is 3.44. The van der Waals surface area contributed by atoms with Crippen molar-refractivity contribution in [1.82, 2.24) is 4.90 Å². The third-order valence-electron chi connectivity index (χ3n) is 1.67. The molecule has 1 rings (SSSR count). The highest BCUT2D eigenvalue weighted by atomic mass is 35.5. The molecule has 1 aliphatic heterocycles. The van der Waals surface area contributed by atoms with Crippen molar-refractivity contribution in [3.05, 3.63) is 10.1 Å². The Balaban J connectivity index is 2.88. The van der Waals surface area contributed by atoms with E-state index < -0.39 is 12.2 Å². The van der Waals surface area contributed by atoms with Crippen molar-refractivity contribution in [3.63, 3.8) is 0 Å². The summed E-state index contributed by atoms with van der Waals surface area (Å²) in [6.07, 6.45) is -0.876. The van der Waals surface area contributed by atoms with Gasteiger partial charge in [-0.25, -0.2) is 4.79 Å². The van der Waals surface area contributed by atoms with Crippen LogP contribution in [0.2, 0.25) is 0 Å². The number of rotatable bonds is 1. The summed E-state index contributed by atoms with van der Waals surface area (Å²) >= 11 is 11.2. The minimum absolute atomic E-state index is 0.0457. The summed E-state index contributed by atoms with van der Waals surface area (Å²) in [5.41, 5.74) is 0. The first kappa shape index (κ1) is 10.3. The van der Waals surface area contributed by atoms with Gasteiger partial charge in [0, 0.05) is 14.0 Å². The summed E-state index contributed by atoms with van der Waals surface area (Å²) < 4.78 is 4.74. The van der Waals surface area contributed by atoms with Crippen LogP contribution in [0.1, 0.15) is 6.92 Å². The van der Waals surface area contributed by atoms with E-state index in [4.69, 9.17) is 27.9 Å². The third-order valence-corrected chi connectivity index (χ3v) is 2.50. The van der Waals surface area contributed by atoms with E-state index in [2.05, 4.69) is 0 Å². The second-order valence-corrected chi connectivity index (χ2v) is 3.33. The Bertz CT molecular complexity index is 300. The zero-order valence-electron chi connectivity index (χ0n) is 7.01. The van der Waals surface area contributed by atoms with Crippen molar-refractivity contribution in [2.24, 2.45) is 0 Å². The fourth-order valence-electron chi connectivity index (χ4n) is 0.825. The molecule has 0 radical (unpaired) electrons. The molecule has 1 heterocycles. The number of carbonyl (C=O) groups is 2. The molecule has 0 aromatic rings. The predicted molar refractivity (Wildman–Crippen MR) is 47.1 cm³/mol. The van der Waals surface area contributed by atoms with Gasteiger partial charge in [-0.2, -0.15) is 0 Å². The summed E-state index contributed by atoms with van der Waals surface area (Å²) in [7, 11) is 1.47. The Kier molecular flexibility index (Phi) is 2.83. The summed E-state index contributed by atoms with van der Waals surface area (Å²) in [5, 5.41) is -0.121. The zero-order chi connectivity index (χ0) is 10.2. The van der Waals surface area contributed by atoms with Gasteiger partial charge in [-0.3, -0.25) is 4.79 Å². The normalized spacial score (nSPS) is 21.8. The zero-order valence-corrected chi connectivity index (χ0v) is 8.52. The van der Waals surface area contributed by atoms with Gasteiger partial charge in [0.1, 0.15) is 10.1 Å². The van der Waals surface area contributed by atoms with Gasteiger partial charge in [-0.05, 0) is 0 Å². The Labute approximate surface area is 85.0 Å². The molecule has 4 nitrogen and oxygen atoms in total. The molecule has 0 aromatic heterocycles. The predicted octanol–water partition coefficient (Wildman–Crippen LogP) is 1.04. The molecule has 6 heteroatoms. The molecule has 13 heavy (non-hydrogen) atoms. The highest BCUT2D eigenvalue weighted by Gasteiger charge is 2.35. The molecule has 72 valence electrons. The van der Waals surface area contributed by atoms with Crippen molar-refractivity contribution in [1.29, 1.82) is 0 Å². The van der Waals surface area contributed by atoms with E-state index in [1.807, 2.05) is 0 Å². The number of ether oxygens (including phenoxy) is 1. The van der Waals surface area contributed by atoms with E-state index in [1.165, 1.54) is 18.9 Å². The van der Waals surface area contributed by atoms with Gasteiger partial charge in [0.25, 0.3) is 0 Å². The molecular weight excluding hydrogens is 217 g/mol. The maximum Gasteiger partial charge on any atom is 0.353 e. The van der Waals surface area contributed by atoms with Crippen LogP contribution in [0.3, 0.4) is 0 Å². The van der Waals surface area contributed by atoms with Gasteiger partial charge in [-0.1, -0.05) is 23.2 Å². The van der Waals surface area contributed by atoms with Crippen molar-refractivity contribution < 1.29 is 14.3 Å². The number of hydrogen-bond donors (Lipinski definition) is 0. The largest absolute Gasteiger partial charge is 0.432 e. The molecule has 1 atom stereocenters. The average molecular weight is 224 g/mol. The van der Waals surface area contributed by atoms with Crippen LogP contribution in [0.4, 0.5) is 0 Å². The van der Waals surface area contributed by atoms with Gasteiger partial charge in [0.2, 0.25) is 12.1 Å². The fraction of sp³-hybridized carbons (Fsp3) is 0.429. The lowest BCUT2D eigenvalue weighted by molar-refractivity contribution is -0.150. The van der Waals surface area contributed by atoms with Crippen molar-refractivity contribution in [2.45, 2.75) is 13.2 Å². The lowest BCUT2D eigenvalue weighted by Crippen LogP contribution is -2.36. The van der Waals surface area contributed by atoms with E-state index in [0.29, 0.717) is 0 Å². The molecule has 0 saturated carbocycles. The first-order chi connectivity index (χ1) is 5.95. The van der Waals surface area contributed by atoms with Crippen molar-refractivity contribution in [3.8, 4) is 0 Å². The van der Waals surface area contributed by atoms with Crippen LogP contribution in [0.15, 0.2) is 10.1 Å². The number of carbonyl (C=O) groups excluding carboxylic acids is 2. The SMILES string of the molecule is CC(=O)N(C)[C@@H]1OC(=O)C(Cl)=C1Cl. The number of nitrogens with zero attached hydrogens (tertiary/aromatic N) is 1. The monoisotopic (exact) mass is 223 g/mol. The lowest BCUT2D eigenvalue weighted by atomic mass is 10.4. The quantitative estimate of drug-likeness (QED) is 0.625. The highest BCUT2D eigenvalue weighted by Crippen LogP contribution is 2.29. The van der Waals surface area contributed by atoms with E-state index in [9.17, 15) is 9.59 Å². The van der Waals surface area contributed by atoms with Gasteiger partial charge < -0.3 is 9.64 Å². The molecule has 1 amide bonds. The smallest absolute Gasteiger partial charge is 0.353 e. The first-order valence-corrected chi connectivity index (χ1v) is 4.20. The van der Waals surface area contributed by atoms with Crippen LogP contribution in [0.5, 0.6) is 0 Å². The van der Waals surface area contributed by atoms with Gasteiger partial charge in [0.05, 0.1) is 0 Å². The maximum absolute atomic E-state index is 10.9. The number of likely N-dealkylation sites (N-methyl/N-ethyl adjacent to an activating group) is 1. The molecule has 0 aromatic carbocycles. The molecule has 0 aliphatic carbocycles. The standard InChI is InChI=1S/C7H7Cl2NO3/c1-3(11)10(2)6-4(8)5(9)7(12)13-6/h6H,1-2H3/t6-/m1/s1. The summed E-state index contributed by atoms with van der Waals surface area (Å²) in [6, 6.07) is 0. The Morgan fingerprint density at radius 2 is 2.08 bits per heavy atom. The molecule has 0 spiro atoms. The van der Waals surface area contributed by atoms with E-state index in [1.54, 1.807) is 0 Å². The lowest BCUT2D eigenvalue weighted by Gasteiger charge is -2.21. The highest BCUT2D eigenvalue weighted by molar-refractivity contribution is 6.48. The van der Waals surface area contributed by atoms with E-state index in [0.717, 1.165) is 0 Å². The van der Waals surface area contributed by atoms with Gasteiger partial charge in [0.15, 0.2) is 0 Å². The van der Waals surface area contributed by atoms with Crippen LogP contribution < -0.4 is 0 Å². The number of esters is 1. The average Bonchev–Trinajstić information content (AvgIpc) is 2.31. The summed E-state index contributed by atoms with van der Waals surface area (Å²) in [4.78, 5) is 23.0. The molecule has 0 unspecified atom stereocenters. The second-order valence-electron chi connectivity index (χ2n) is 2.55. The molecule has 0 bridgehead atoms. The van der Waals surface area contributed by atoms with E-state index in [-0.39, 0.29) is 16.0 Å². The molecule has 1 aliphatic rings. The van der Waals surface area contributed by atoms with Crippen LogP contribution in [-0.2, 0) is 14.3 Å². The Hall–Kier alpha value is -0.740. The molecule has 0 saturated heterocycles. The number of amides is 1. The van der Waals surface area contributed by atoms with Crippen LogP contribution >= 0.6 is 23.2 Å². The van der Waals surface area contributed by atoms with Gasteiger partial charge >= 0.3 is 5.97 Å². The molecule has 0 fully saturated rings. The summed E-state index contributed by atoms with van der Waals surface area (Å²) in [5.74, 6) is -0.966.